The summed E-state index contributed by atoms with van der Waals surface area (Å²) >= 11 is 0. The summed E-state index contributed by atoms with van der Waals surface area (Å²) in [5.74, 6) is -0.0964. The van der Waals surface area contributed by atoms with Gasteiger partial charge in [0, 0.05) is 0 Å². The summed E-state index contributed by atoms with van der Waals surface area (Å²) in [7, 11) is -3.70. The van der Waals surface area contributed by atoms with Crippen molar-refractivity contribution in [1.82, 2.24) is 0 Å². The quantitative estimate of drug-likeness (QED) is 0.282. The largest absolute Gasteiger partial charge is 1.00 e. The first-order valence-electron chi connectivity index (χ1n) is 3.01. The van der Waals surface area contributed by atoms with Crippen molar-refractivity contribution in [2.24, 2.45) is 0 Å². The van der Waals surface area contributed by atoms with E-state index in [1.165, 1.54) is 0 Å². The second kappa shape index (κ2) is 9.99. The molecule has 0 aliphatic heterocycles. The zero-order valence-corrected chi connectivity index (χ0v) is 12.3. The van der Waals surface area contributed by atoms with Crippen LogP contribution < -0.4 is 59.1 Å². The van der Waals surface area contributed by atoms with Crippen molar-refractivity contribution in [3.05, 3.63) is 0 Å². The predicted octanol–water partition coefficient (Wildman–Crippen LogP) is -4.70. The van der Waals surface area contributed by atoms with Gasteiger partial charge in [-0.2, -0.15) is 8.42 Å². The third-order valence-electron chi connectivity index (χ3n) is 1.01. The molecule has 0 aliphatic carbocycles. The maximum atomic E-state index is 10.1. The van der Waals surface area contributed by atoms with Gasteiger partial charge in [0.05, 0.1) is 5.75 Å². The molecule has 0 aliphatic rings. The van der Waals surface area contributed by atoms with Crippen LogP contribution in [0.25, 0.3) is 0 Å². The Morgan fingerprint density at radius 1 is 1.27 bits per heavy atom. The monoisotopic (exact) mass is 200 g/mol. The fourth-order valence-electron chi connectivity index (χ4n) is 0.534. The van der Waals surface area contributed by atoms with Gasteiger partial charge in [0.15, 0.2) is 0 Å². The Bertz CT molecular complexity index is 163. The van der Waals surface area contributed by atoms with E-state index in [0.717, 1.165) is 12.8 Å². The van der Waals surface area contributed by atoms with E-state index < -0.39 is 10.1 Å². The molecule has 0 radical (unpaired) electrons. The summed E-state index contributed by atoms with van der Waals surface area (Å²) in [6.07, 6.45) is 2.39. The molecule has 0 unspecified atom stereocenters. The minimum Gasteiger partial charge on any atom is -1.00 e. The maximum Gasteiger partial charge on any atom is 1.00 e. The standard InChI is InChI=1S/C5H12O3S.2Na.2H/c1-2-3-4-5-9(6,7)8;;;;/h2-5H2,1H3,(H,6,7,8);;;;/q;2*+1;2*-1. The van der Waals surface area contributed by atoms with Gasteiger partial charge in [-0.3, -0.25) is 4.55 Å². The van der Waals surface area contributed by atoms with Gasteiger partial charge >= 0.3 is 59.1 Å². The first-order chi connectivity index (χ1) is 4.06. The average molecular weight is 200 g/mol. The maximum absolute atomic E-state index is 10.1. The van der Waals surface area contributed by atoms with Gasteiger partial charge < -0.3 is 2.85 Å². The molecule has 0 bridgehead atoms. The smallest absolute Gasteiger partial charge is 1.00 e. The van der Waals surface area contributed by atoms with Crippen molar-refractivity contribution in [2.45, 2.75) is 26.2 Å². The zero-order valence-electron chi connectivity index (χ0n) is 9.50. The van der Waals surface area contributed by atoms with Gasteiger partial charge in [-0.05, 0) is 6.42 Å². The van der Waals surface area contributed by atoms with Crippen molar-refractivity contribution in [2.75, 3.05) is 5.75 Å². The minimum absolute atomic E-state index is 0. The van der Waals surface area contributed by atoms with Crippen molar-refractivity contribution >= 4 is 10.1 Å². The van der Waals surface area contributed by atoms with Gasteiger partial charge in [0.1, 0.15) is 0 Å². The van der Waals surface area contributed by atoms with Crippen molar-refractivity contribution in [3.8, 4) is 0 Å². The van der Waals surface area contributed by atoms with Crippen LogP contribution >= 0.6 is 0 Å². The molecule has 0 amide bonds. The SMILES string of the molecule is CCCCCS(=O)(=O)O.[H-].[H-].[Na+].[Na+]. The Kier molecular flexibility index (Phi) is 16.9. The van der Waals surface area contributed by atoms with Crippen molar-refractivity contribution in [3.63, 3.8) is 0 Å². The molecule has 1 N–H and O–H groups in total. The van der Waals surface area contributed by atoms with Crippen molar-refractivity contribution in [1.29, 1.82) is 0 Å². The van der Waals surface area contributed by atoms with E-state index in [1.54, 1.807) is 0 Å². The van der Waals surface area contributed by atoms with Gasteiger partial charge in [-0.15, -0.1) is 0 Å². The summed E-state index contributed by atoms with van der Waals surface area (Å²) in [4.78, 5) is 0. The molecule has 0 heterocycles. The summed E-state index contributed by atoms with van der Waals surface area (Å²) in [5.41, 5.74) is 0. The van der Waals surface area contributed by atoms with E-state index in [2.05, 4.69) is 0 Å². The molecule has 11 heavy (non-hydrogen) atoms. The van der Waals surface area contributed by atoms with Crippen molar-refractivity contribution < 1.29 is 74.9 Å². The molecule has 0 saturated carbocycles. The third-order valence-corrected chi connectivity index (χ3v) is 1.81. The van der Waals surface area contributed by atoms with Crippen LogP contribution in [-0.4, -0.2) is 18.7 Å². The Labute approximate surface area is 116 Å². The Balaban J connectivity index is -0.0000000533. The first-order valence-corrected chi connectivity index (χ1v) is 4.62. The number of rotatable bonds is 4. The van der Waals surface area contributed by atoms with Crippen LogP contribution in [0.1, 0.15) is 29.0 Å². The average Bonchev–Trinajstić information content (AvgIpc) is 1.63. The third kappa shape index (κ3) is 18.7. The molecule has 0 spiro atoms. The van der Waals surface area contributed by atoms with E-state index in [0.29, 0.717) is 6.42 Å². The number of hydrogen-bond donors (Lipinski definition) is 1. The molecular formula is C5H14Na2O3S. The molecule has 0 aromatic carbocycles. The van der Waals surface area contributed by atoms with Gasteiger partial charge in [0.25, 0.3) is 10.1 Å². The Morgan fingerprint density at radius 2 is 1.73 bits per heavy atom. The summed E-state index contributed by atoms with van der Waals surface area (Å²) < 4.78 is 28.3. The molecule has 0 atom stereocenters. The predicted molar refractivity (Wildman–Crippen MR) is 38.2 cm³/mol. The fourth-order valence-corrected chi connectivity index (χ4v) is 1.10. The molecule has 0 fully saturated rings. The van der Waals surface area contributed by atoms with Crippen LogP contribution in [-0.2, 0) is 10.1 Å². The topological polar surface area (TPSA) is 54.4 Å². The van der Waals surface area contributed by atoms with E-state index in [4.69, 9.17) is 4.55 Å². The normalized spacial score (nSPS) is 9.64. The number of hydrogen-bond acceptors (Lipinski definition) is 2. The summed E-state index contributed by atoms with van der Waals surface area (Å²) in [5, 5.41) is 0. The second-order valence-corrected chi connectivity index (χ2v) is 3.57. The van der Waals surface area contributed by atoms with E-state index in [9.17, 15) is 8.42 Å². The molecular weight excluding hydrogens is 186 g/mol. The summed E-state index contributed by atoms with van der Waals surface area (Å²) in [6, 6.07) is 0. The van der Waals surface area contributed by atoms with E-state index in [1.807, 2.05) is 6.92 Å². The van der Waals surface area contributed by atoms with E-state index in [-0.39, 0.29) is 67.7 Å². The van der Waals surface area contributed by atoms with Crippen LogP contribution in [0.4, 0.5) is 0 Å². The van der Waals surface area contributed by atoms with E-state index >= 15 is 0 Å². The van der Waals surface area contributed by atoms with Crippen LogP contribution in [0.15, 0.2) is 0 Å². The number of unbranched alkanes of at least 4 members (excludes halogenated alkanes) is 2. The first kappa shape index (κ1) is 18.6. The molecule has 0 aromatic heterocycles. The van der Waals surface area contributed by atoms with Crippen LogP contribution in [0.5, 0.6) is 0 Å². The van der Waals surface area contributed by atoms with Gasteiger partial charge in [-0.25, -0.2) is 0 Å². The molecule has 60 valence electrons. The van der Waals surface area contributed by atoms with Crippen LogP contribution in [0.3, 0.4) is 0 Å². The van der Waals surface area contributed by atoms with Gasteiger partial charge in [-0.1, -0.05) is 19.8 Å². The van der Waals surface area contributed by atoms with Crippen LogP contribution in [0, 0.1) is 0 Å². The molecule has 0 rings (SSSR count). The summed E-state index contributed by atoms with van der Waals surface area (Å²) in [6.45, 7) is 1.98. The van der Waals surface area contributed by atoms with Gasteiger partial charge in [0.2, 0.25) is 0 Å². The Hall–Kier alpha value is 1.91. The molecule has 0 aromatic rings. The fraction of sp³-hybridized carbons (Fsp3) is 1.00. The Morgan fingerprint density at radius 3 is 2.00 bits per heavy atom. The molecule has 3 nitrogen and oxygen atoms in total. The minimum atomic E-state index is -3.70. The second-order valence-electron chi connectivity index (χ2n) is 1.99. The van der Waals surface area contributed by atoms with Crippen LogP contribution in [0.2, 0.25) is 0 Å². The molecule has 0 saturated heterocycles. The molecule has 6 heteroatoms. The zero-order chi connectivity index (χ0) is 7.33.